The summed E-state index contributed by atoms with van der Waals surface area (Å²) in [5, 5.41) is 8.84. The monoisotopic (exact) mass is 293 g/mol. The summed E-state index contributed by atoms with van der Waals surface area (Å²) in [6.07, 6.45) is 1.34. The van der Waals surface area contributed by atoms with Crippen molar-refractivity contribution in [2.75, 3.05) is 26.3 Å². The minimum atomic E-state index is -0.922. The summed E-state index contributed by atoms with van der Waals surface area (Å²) in [4.78, 5) is 13.2. The summed E-state index contributed by atoms with van der Waals surface area (Å²) >= 11 is 0. The average Bonchev–Trinajstić information content (AvgIpc) is 2.48. The number of nitrogens with zero attached hydrogens (tertiary/aromatic N) is 1. The molecule has 116 valence electrons. The summed E-state index contributed by atoms with van der Waals surface area (Å²) in [5.74, 6) is -0.219. The second kappa shape index (κ2) is 7.43. The van der Waals surface area contributed by atoms with E-state index in [-0.39, 0.29) is 11.7 Å². The van der Waals surface area contributed by atoms with Crippen molar-refractivity contribution in [3.63, 3.8) is 0 Å². The maximum absolute atomic E-state index is 10.8. The summed E-state index contributed by atoms with van der Waals surface area (Å²) in [6, 6.07) is 6.97. The van der Waals surface area contributed by atoms with Crippen molar-refractivity contribution in [3.8, 4) is 5.75 Å². The summed E-state index contributed by atoms with van der Waals surface area (Å²) in [7, 11) is 0. The molecule has 5 heteroatoms. The van der Waals surface area contributed by atoms with E-state index in [0.717, 1.165) is 26.1 Å². The molecule has 1 heterocycles. The third kappa shape index (κ3) is 4.44. The van der Waals surface area contributed by atoms with Crippen LogP contribution >= 0.6 is 0 Å². The van der Waals surface area contributed by atoms with Crippen LogP contribution in [0.3, 0.4) is 0 Å². The molecule has 0 spiro atoms. The Bertz CT molecular complexity index is 460. The Morgan fingerprint density at radius 2 is 2.14 bits per heavy atom. The topological polar surface area (TPSA) is 59.0 Å². The van der Waals surface area contributed by atoms with Crippen molar-refractivity contribution in [2.24, 2.45) is 0 Å². The van der Waals surface area contributed by atoms with Gasteiger partial charge in [-0.2, -0.15) is 0 Å². The Labute approximate surface area is 125 Å². The van der Waals surface area contributed by atoms with Crippen molar-refractivity contribution in [3.05, 3.63) is 29.8 Å². The Morgan fingerprint density at radius 3 is 2.76 bits per heavy atom. The van der Waals surface area contributed by atoms with E-state index in [4.69, 9.17) is 14.6 Å². The Hall–Kier alpha value is -1.59. The molecular formula is C16H23NO4. The first-order valence-electron chi connectivity index (χ1n) is 7.42. The van der Waals surface area contributed by atoms with Gasteiger partial charge >= 0.3 is 5.97 Å². The molecule has 0 aromatic heterocycles. The Kier molecular flexibility index (Phi) is 5.59. The molecule has 5 nitrogen and oxygen atoms in total. The van der Waals surface area contributed by atoms with Gasteiger partial charge in [-0.3, -0.25) is 4.90 Å². The minimum absolute atomic E-state index is 0.266. The van der Waals surface area contributed by atoms with Crippen LogP contribution in [0.15, 0.2) is 24.3 Å². The van der Waals surface area contributed by atoms with Crippen molar-refractivity contribution < 1.29 is 19.4 Å². The molecule has 1 aliphatic rings. The fourth-order valence-electron chi connectivity index (χ4n) is 2.54. The zero-order valence-electron chi connectivity index (χ0n) is 12.6. The highest BCUT2D eigenvalue weighted by molar-refractivity contribution is 5.87. The standard InChI is InChI=1S/C16H23NO4/c1-3-14-11-21-12(2)10-17(14)8-9-20-15-6-4-13(5-7-15)16(18)19/h4-7,12,14H,3,8-11H2,1-2H3,(H,18,19). The smallest absolute Gasteiger partial charge is 0.335 e. The second-order valence-corrected chi connectivity index (χ2v) is 5.38. The maximum atomic E-state index is 10.8. The van der Waals surface area contributed by atoms with E-state index in [1.807, 2.05) is 0 Å². The molecule has 0 saturated carbocycles. The predicted molar refractivity (Wildman–Crippen MR) is 80.0 cm³/mol. The van der Waals surface area contributed by atoms with E-state index in [1.165, 1.54) is 0 Å². The van der Waals surface area contributed by atoms with Gasteiger partial charge in [-0.1, -0.05) is 6.92 Å². The molecular weight excluding hydrogens is 270 g/mol. The zero-order chi connectivity index (χ0) is 15.2. The Morgan fingerprint density at radius 1 is 1.43 bits per heavy atom. The molecule has 2 atom stereocenters. The lowest BCUT2D eigenvalue weighted by atomic mass is 10.1. The number of aromatic carboxylic acids is 1. The lowest BCUT2D eigenvalue weighted by Gasteiger charge is -2.38. The van der Waals surface area contributed by atoms with Crippen molar-refractivity contribution in [2.45, 2.75) is 32.4 Å². The third-order valence-corrected chi connectivity index (χ3v) is 3.80. The van der Waals surface area contributed by atoms with Crippen LogP contribution in [-0.2, 0) is 4.74 Å². The molecule has 1 N–H and O–H groups in total. The maximum Gasteiger partial charge on any atom is 0.335 e. The van der Waals surface area contributed by atoms with Crippen LogP contribution < -0.4 is 4.74 Å². The number of carbonyl (C=O) groups is 1. The first-order chi connectivity index (χ1) is 10.1. The van der Waals surface area contributed by atoms with Gasteiger partial charge in [0.05, 0.1) is 18.3 Å². The highest BCUT2D eigenvalue weighted by atomic mass is 16.5. The molecule has 1 saturated heterocycles. The lowest BCUT2D eigenvalue weighted by Crippen LogP contribution is -2.49. The van der Waals surface area contributed by atoms with Gasteiger partial charge in [0.1, 0.15) is 12.4 Å². The van der Waals surface area contributed by atoms with Gasteiger partial charge < -0.3 is 14.6 Å². The van der Waals surface area contributed by atoms with E-state index in [1.54, 1.807) is 24.3 Å². The number of morpholine rings is 1. The SMILES string of the molecule is CCC1COC(C)CN1CCOc1ccc(C(=O)O)cc1. The molecule has 0 radical (unpaired) electrons. The number of benzene rings is 1. The number of carboxylic acid groups (broad SMARTS) is 1. The van der Waals surface area contributed by atoms with E-state index in [2.05, 4.69) is 18.7 Å². The number of hydrogen-bond acceptors (Lipinski definition) is 4. The summed E-state index contributed by atoms with van der Waals surface area (Å²) < 4.78 is 11.4. The van der Waals surface area contributed by atoms with Crippen LogP contribution in [0.5, 0.6) is 5.75 Å². The molecule has 21 heavy (non-hydrogen) atoms. The molecule has 0 bridgehead atoms. The molecule has 1 fully saturated rings. The molecule has 0 amide bonds. The first kappa shape index (κ1) is 15.8. The van der Waals surface area contributed by atoms with E-state index < -0.39 is 5.97 Å². The number of hydrogen-bond donors (Lipinski definition) is 1. The highest BCUT2D eigenvalue weighted by Crippen LogP contribution is 2.15. The van der Waals surface area contributed by atoms with Crippen LogP contribution in [-0.4, -0.2) is 54.4 Å². The van der Waals surface area contributed by atoms with Gasteiger partial charge in [0.25, 0.3) is 0 Å². The second-order valence-electron chi connectivity index (χ2n) is 5.38. The molecule has 1 aromatic carbocycles. The molecule has 2 rings (SSSR count). The quantitative estimate of drug-likeness (QED) is 0.872. The van der Waals surface area contributed by atoms with Crippen LogP contribution in [0.2, 0.25) is 0 Å². The van der Waals surface area contributed by atoms with E-state index >= 15 is 0 Å². The Balaban J connectivity index is 1.81. The third-order valence-electron chi connectivity index (χ3n) is 3.80. The molecule has 0 aliphatic carbocycles. The molecule has 1 aliphatic heterocycles. The fraction of sp³-hybridized carbons (Fsp3) is 0.562. The van der Waals surface area contributed by atoms with Crippen molar-refractivity contribution in [1.29, 1.82) is 0 Å². The van der Waals surface area contributed by atoms with E-state index in [0.29, 0.717) is 18.4 Å². The molecule has 2 unspecified atom stereocenters. The minimum Gasteiger partial charge on any atom is -0.492 e. The first-order valence-corrected chi connectivity index (χ1v) is 7.42. The van der Waals surface area contributed by atoms with Gasteiger partial charge in [0.15, 0.2) is 0 Å². The lowest BCUT2D eigenvalue weighted by molar-refractivity contribution is -0.0586. The van der Waals surface area contributed by atoms with Gasteiger partial charge in [-0.05, 0) is 37.6 Å². The largest absolute Gasteiger partial charge is 0.492 e. The summed E-state index contributed by atoms with van der Waals surface area (Å²) in [5.41, 5.74) is 0.274. The van der Waals surface area contributed by atoms with Crippen molar-refractivity contribution in [1.82, 2.24) is 4.90 Å². The van der Waals surface area contributed by atoms with Gasteiger partial charge in [0, 0.05) is 19.1 Å². The van der Waals surface area contributed by atoms with Crippen LogP contribution in [0, 0.1) is 0 Å². The van der Waals surface area contributed by atoms with Gasteiger partial charge in [0.2, 0.25) is 0 Å². The van der Waals surface area contributed by atoms with Gasteiger partial charge in [-0.25, -0.2) is 4.79 Å². The fourth-order valence-corrected chi connectivity index (χ4v) is 2.54. The summed E-state index contributed by atoms with van der Waals surface area (Å²) in [6.45, 7) is 7.42. The number of ether oxygens (including phenoxy) is 2. The molecule has 1 aromatic rings. The number of carboxylic acids is 1. The van der Waals surface area contributed by atoms with Crippen LogP contribution in [0.1, 0.15) is 30.6 Å². The zero-order valence-corrected chi connectivity index (χ0v) is 12.6. The van der Waals surface area contributed by atoms with Crippen LogP contribution in [0.4, 0.5) is 0 Å². The predicted octanol–water partition coefficient (Wildman–Crippen LogP) is 2.26. The normalized spacial score (nSPS) is 23.0. The van der Waals surface area contributed by atoms with Crippen molar-refractivity contribution >= 4 is 5.97 Å². The van der Waals surface area contributed by atoms with Gasteiger partial charge in [-0.15, -0.1) is 0 Å². The highest BCUT2D eigenvalue weighted by Gasteiger charge is 2.25. The average molecular weight is 293 g/mol. The van der Waals surface area contributed by atoms with Crippen LogP contribution in [0.25, 0.3) is 0 Å². The van der Waals surface area contributed by atoms with E-state index in [9.17, 15) is 4.79 Å². The number of rotatable bonds is 6.